The minimum Gasteiger partial charge on any atom is -0.496 e. The molecule has 0 aliphatic carbocycles. The van der Waals surface area contributed by atoms with Gasteiger partial charge in [-0.25, -0.2) is 0 Å². The molecule has 732 valence electrons. The molecule has 0 fully saturated rings. The number of rotatable bonds is 14. The van der Waals surface area contributed by atoms with E-state index in [0.29, 0.717) is 45.1 Å². The third-order valence-electron chi connectivity index (χ3n) is 24.5. The van der Waals surface area contributed by atoms with Crippen LogP contribution in [0.15, 0.2) is 438 Å². The van der Waals surface area contributed by atoms with Crippen LogP contribution < -0.4 is 44.1 Å². The van der Waals surface area contributed by atoms with Crippen LogP contribution in [0, 0.1) is 0 Å². The fourth-order valence-electron chi connectivity index (χ4n) is 17.9. The highest BCUT2D eigenvalue weighted by molar-refractivity contribution is 9.69. The van der Waals surface area contributed by atoms with Crippen molar-refractivity contribution in [2.45, 2.75) is 7.43 Å². The lowest BCUT2D eigenvalue weighted by Crippen LogP contribution is -2.30. The Hall–Kier alpha value is -14.4. The first kappa shape index (κ1) is 108. The number of nitrogens with zero attached hydrogens (tertiary/aromatic N) is 5. The number of ether oxygens (including phenoxy) is 4. The molecule has 0 radical (unpaired) electrons. The van der Waals surface area contributed by atoms with E-state index in [1.54, 1.807) is 69.7 Å². The lowest BCUT2D eigenvalue weighted by atomic mass is 9.78. The van der Waals surface area contributed by atoms with Gasteiger partial charge >= 0.3 is 17.4 Å². The molecule has 7 N–H and O–H groups in total. The molecule has 28 heteroatoms. The first-order chi connectivity index (χ1) is 71.5. The number of aldehydes is 2. The fourth-order valence-corrected chi connectivity index (χ4v) is 20.6. The van der Waals surface area contributed by atoms with Crippen molar-refractivity contribution in [3.05, 3.63) is 449 Å². The van der Waals surface area contributed by atoms with Gasteiger partial charge in [-0.2, -0.15) is 0 Å². The Morgan fingerprint density at radius 2 is 0.547 bits per heavy atom. The van der Waals surface area contributed by atoms with Gasteiger partial charge < -0.3 is 39.0 Å². The number of methoxy groups -OCH3 is 4. The van der Waals surface area contributed by atoms with E-state index >= 15 is 0 Å². The molecule has 0 bridgehead atoms. The van der Waals surface area contributed by atoms with Crippen molar-refractivity contribution in [3.63, 3.8) is 0 Å². The van der Waals surface area contributed by atoms with Crippen LogP contribution >= 0.6 is 111 Å². The zero-order chi connectivity index (χ0) is 103. The van der Waals surface area contributed by atoms with E-state index in [1.165, 1.54) is 75.3 Å². The molecule has 23 rings (SSSR count). The fraction of sp³-hybridized carbons (Fsp3) is 0.0417. The third-order valence-corrected chi connectivity index (χ3v) is 27.2. The van der Waals surface area contributed by atoms with E-state index in [-0.39, 0.29) is 10.6 Å². The first-order valence-electron chi connectivity index (χ1n) is 45.9. The summed E-state index contributed by atoms with van der Waals surface area (Å²) in [5, 5.41) is 88.3. The average molecular weight is 2410 g/mol. The number of pyridine rings is 5. The highest BCUT2D eigenvalue weighted by Gasteiger charge is 2.24. The molecule has 5 heterocycles. The van der Waals surface area contributed by atoms with Gasteiger partial charge in [0.1, 0.15) is 11.5 Å². The Morgan fingerprint density at radius 1 is 0.264 bits per heavy atom. The lowest BCUT2D eigenvalue weighted by molar-refractivity contribution is -0.903. The maximum absolute atomic E-state index is 11.6. The van der Waals surface area contributed by atoms with Gasteiger partial charge in [0.25, 0.3) is 0 Å². The summed E-state index contributed by atoms with van der Waals surface area (Å²) in [6.45, 7) is 0. The van der Waals surface area contributed by atoms with Gasteiger partial charge in [0.2, 0.25) is 37.2 Å². The highest BCUT2D eigenvalue weighted by atomic mass is 79.9. The Bertz CT molecular complexity index is 8490. The molecule has 0 amide bonds. The Labute approximate surface area is 914 Å². The molecule has 0 atom stereocenters. The third kappa shape index (κ3) is 25.0. The molecule has 0 saturated carbocycles. The van der Waals surface area contributed by atoms with Crippen LogP contribution in [-0.4, -0.2) is 104 Å². The molecule has 0 spiro atoms. The van der Waals surface area contributed by atoms with Gasteiger partial charge in [-0.05, 0) is 183 Å². The van der Waals surface area contributed by atoms with E-state index < -0.39 is 14.2 Å². The Morgan fingerprint density at radius 3 is 0.899 bits per heavy atom. The van der Waals surface area contributed by atoms with Gasteiger partial charge in [0.15, 0.2) is 24.1 Å². The van der Waals surface area contributed by atoms with Crippen molar-refractivity contribution in [3.8, 4) is 89.8 Å². The smallest absolute Gasteiger partial charge is 0.490 e. The number of carbonyl (C=O) groups is 2. The molecule has 5 aromatic heterocycles. The van der Waals surface area contributed by atoms with E-state index in [4.69, 9.17) is 39.0 Å². The van der Waals surface area contributed by atoms with Crippen LogP contribution in [0.1, 0.15) is 28.1 Å². The summed E-state index contributed by atoms with van der Waals surface area (Å²) in [6.07, 6.45) is 19.0. The second-order valence-electron chi connectivity index (χ2n) is 33.3. The maximum atomic E-state index is 11.6. The number of carbonyl (C=O) groups excluding carboxylic acids is 2. The zero-order valence-electron chi connectivity index (χ0n) is 79.2. The number of benzene rings is 18. The minimum atomic E-state index is -1.49. The topological polar surface area (TPSA) is 250 Å². The Kier molecular flexibility index (Phi) is 37.1. The van der Waals surface area contributed by atoms with Crippen molar-refractivity contribution >= 4 is 260 Å². The van der Waals surface area contributed by atoms with Crippen LogP contribution in [0.3, 0.4) is 0 Å². The SMILES string of the molecule is BrB(Br)Br.Brc1cccc2cccc(-c3cncc4ccccc34)c12.Brc1cccc2cccc(Br)c12.C.COc1ccc(-c2cccc3cccc(-c4c[n+](O)cc5ccccc45)c23)cc1C=O.COc1ccc(-c2cccc3cccc(-c4c[n+](O)cc5ccccc45)c23)cc1C=O.COc1ccc(B(O)O)cc1OC.OB(O)c1cncc2ccccc12.O[n+]1cc(-c2cccc3cccc(Br)c23)c2ccccc2c1. The van der Waals surface area contributed by atoms with Crippen LogP contribution in [0.5, 0.6) is 23.0 Å². The molecule has 18 aromatic carbocycles. The zero-order valence-corrected chi connectivity index (χ0v) is 90.3. The summed E-state index contributed by atoms with van der Waals surface area (Å²) in [6, 6.07) is 118. The number of fused-ring (bicyclic) bond motifs is 10. The van der Waals surface area contributed by atoms with Crippen molar-refractivity contribution in [2.24, 2.45) is 0 Å². The molecule has 18 nitrogen and oxygen atoms in total. The second kappa shape index (κ2) is 50.8. The normalized spacial score (nSPS) is 10.6. The molecule has 0 saturated heterocycles. The molecular formula is C120H94B3Br7N5O13+3. The van der Waals surface area contributed by atoms with Crippen LogP contribution in [-0.2, 0) is 0 Å². The monoisotopic (exact) mass is 2400 g/mol. The van der Waals surface area contributed by atoms with Crippen LogP contribution in [0.2, 0.25) is 0 Å². The molecule has 148 heavy (non-hydrogen) atoms. The summed E-state index contributed by atoms with van der Waals surface area (Å²) < 4.78 is 28.6. The Balaban J connectivity index is 0.000000132. The van der Waals surface area contributed by atoms with Gasteiger partial charge in [0.05, 0.1) is 72.4 Å². The van der Waals surface area contributed by atoms with Crippen molar-refractivity contribution in [2.75, 3.05) is 28.4 Å². The summed E-state index contributed by atoms with van der Waals surface area (Å²) in [5.41, 5.74) is 14.1. The number of halogens is 7. The number of aromatic nitrogens is 5. The average Bonchev–Trinajstić information content (AvgIpc) is 0.736. The van der Waals surface area contributed by atoms with Gasteiger partial charge in [0, 0.05) is 106 Å². The predicted molar refractivity (Wildman–Crippen MR) is 627 cm³/mol. The second-order valence-corrected chi connectivity index (χ2v) is 43.2. The maximum Gasteiger partial charge on any atom is 0.490 e. The molecule has 0 aliphatic rings. The van der Waals surface area contributed by atoms with Crippen LogP contribution in [0.25, 0.3) is 174 Å². The summed E-state index contributed by atoms with van der Waals surface area (Å²) >= 11 is 23.7. The summed E-state index contributed by atoms with van der Waals surface area (Å²) in [5.74, 6) is 2.14. The molecule has 0 aliphatic heterocycles. The quantitative estimate of drug-likeness (QED) is 0.0231. The predicted octanol–water partition coefficient (Wildman–Crippen LogP) is 28.6. The van der Waals surface area contributed by atoms with Crippen LogP contribution in [0.4, 0.5) is 0 Å². The summed E-state index contributed by atoms with van der Waals surface area (Å²) in [4.78, 5) is 31.5. The number of hydrogen-bond acceptors (Lipinski definition) is 15. The molecule has 23 aromatic rings. The minimum absolute atomic E-state index is 0. The first-order valence-corrected chi connectivity index (χ1v) is 51.8. The van der Waals surface area contributed by atoms with Gasteiger partial charge in [-0.3, -0.25) is 35.2 Å². The van der Waals surface area contributed by atoms with E-state index in [2.05, 4.69) is 273 Å². The lowest BCUT2D eigenvalue weighted by Gasteiger charge is -2.14. The van der Waals surface area contributed by atoms with E-state index in [9.17, 15) is 25.2 Å². The highest BCUT2D eigenvalue weighted by Crippen LogP contribution is 2.45. The number of hydrogen-bond donors (Lipinski definition) is 7. The van der Waals surface area contributed by atoms with Gasteiger partial charge in [-0.1, -0.05) is 350 Å². The van der Waals surface area contributed by atoms with Crippen molar-refractivity contribution in [1.82, 2.24) is 9.97 Å². The van der Waals surface area contributed by atoms with Gasteiger partial charge in [-0.15, -0.1) is 47.3 Å². The van der Waals surface area contributed by atoms with Crippen molar-refractivity contribution in [1.29, 1.82) is 0 Å². The van der Waals surface area contributed by atoms with E-state index in [1.807, 2.05) is 200 Å². The summed E-state index contributed by atoms with van der Waals surface area (Å²) in [7, 11) is 3.18. The standard InChI is InChI=1S/2C27H20NO3.C19H13BrNO.C19H12BrN.C10H6Br2.C9H8BNO2.C8H11BO4.CH4.BBr3/c2*1-31-26-13-12-19(14-21(26)17-29)23-10-4-7-18-8-5-11-24(27(18)23)25-16-28(30)15-20-6-2-3-9-22(20)25;20-18-10-4-7-13-6-3-9-16(19(13)18)17-12-21(22)11-14-5-1-2-8-15(14)17;20-18-10-4-7-13-6-3-9-16(19(13)18)17-12-21-11-14-5-1-2-8-15(14)17;11-8-5-1-3-7-4-2-6-9(12)10(7)8;12-10(13)9-6-11-5-7-3-1-2-4-8(7)9;1-12-7-4-3-6(9(10)11)5-8(7)13-2;;2-1(3)4/h2*2-17,30H,1H3;1-12,22H;1-12H;1-6H;1-6,12-13H;3-5,10-11H,1-2H3;1H4;/q3*+1;;;;;;. The van der Waals surface area contributed by atoms with Crippen molar-refractivity contribution < 1.29 is 78.4 Å². The largest absolute Gasteiger partial charge is 0.496 e. The van der Waals surface area contributed by atoms with E-state index in [0.717, 1.165) is 170 Å². The molecule has 0 unspecified atom stereocenters. The molecular weight excluding hydrogens is 2310 g/mol.